The summed E-state index contributed by atoms with van der Waals surface area (Å²) in [4.78, 5) is 23.6. The van der Waals surface area contributed by atoms with Gasteiger partial charge in [-0.3, -0.25) is 9.59 Å². The van der Waals surface area contributed by atoms with Crippen LogP contribution in [0.2, 0.25) is 0 Å². The summed E-state index contributed by atoms with van der Waals surface area (Å²) in [5.74, 6) is -2.65. The molecule has 0 aromatic rings. The maximum absolute atomic E-state index is 12.2. The number of fused-ring (bicyclic) bond motifs is 2. The van der Waals surface area contributed by atoms with Gasteiger partial charge in [-0.1, -0.05) is 64.7 Å². The average molecular weight is 354 g/mol. The summed E-state index contributed by atoms with van der Waals surface area (Å²) in [7, 11) is 0. The van der Waals surface area contributed by atoms with E-state index in [-0.39, 0.29) is 18.2 Å². The molecular weight excluding hydrogens is 320 g/mol. The monoisotopic (exact) mass is 354 g/mol. The Kier molecular flexibility index (Phi) is 8.73. The van der Waals surface area contributed by atoms with Crippen molar-refractivity contribution in [1.82, 2.24) is 0 Å². The highest BCUT2D eigenvalue weighted by molar-refractivity contribution is 5.83. The molecule has 2 bridgehead atoms. The lowest BCUT2D eigenvalue weighted by Crippen LogP contribution is -2.39. The van der Waals surface area contributed by atoms with Crippen molar-refractivity contribution in [3.63, 3.8) is 0 Å². The van der Waals surface area contributed by atoms with Crippen LogP contribution in [0.4, 0.5) is 0 Å². The highest BCUT2D eigenvalue weighted by Gasteiger charge is 2.56. The highest BCUT2D eigenvalue weighted by atomic mass is 16.5. The summed E-state index contributed by atoms with van der Waals surface area (Å²) >= 11 is 0. The second kappa shape index (κ2) is 10.8. The van der Waals surface area contributed by atoms with Gasteiger partial charge in [0, 0.05) is 0 Å². The van der Waals surface area contributed by atoms with Crippen LogP contribution < -0.4 is 0 Å². The molecule has 2 rings (SSSR count). The van der Waals surface area contributed by atoms with Crippen LogP contribution in [0.5, 0.6) is 0 Å². The normalized spacial score (nSPS) is 27.6. The van der Waals surface area contributed by atoms with E-state index in [0.29, 0.717) is 6.61 Å². The zero-order valence-corrected chi connectivity index (χ0v) is 15.6. The number of carbonyl (C=O) groups is 2. The zero-order chi connectivity index (χ0) is 18.1. The smallest absolute Gasteiger partial charge is 0.312 e. The maximum Gasteiger partial charge on any atom is 0.312 e. The van der Waals surface area contributed by atoms with Crippen molar-refractivity contribution in [2.75, 3.05) is 6.61 Å². The van der Waals surface area contributed by atoms with Crippen molar-refractivity contribution in [1.29, 1.82) is 0 Å². The first-order valence-electron chi connectivity index (χ1n) is 10.2. The molecule has 1 N–H and O–H groups in total. The summed E-state index contributed by atoms with van der Waals surface area (Å²) in [5, 5.41) is 9.33. The third-order valence-electron chi connectivity index (χ3n) is 5.57. The molecule has 0 amide bonds. The van der Waals surface area contributed by atoms with Gasteiger partial charge in [0.15, 0.2) is 0 Å². The topological polar surface area (TPSA) is 72.8 Å². The minimum absolute atomic E-state index is 0.258. The van der Waals surface area contributed by atoms with Gasteiger partial charge in [-0.05, 0) is 19.3 Å². The molecule has 2 aliphatic rings. The molecule has 2 fully saturated rings. The van der Waals surface area contributed by atoms with Crippen LogP contribution >= 0.6 is 0 Å². The van der Waals surface area contributed by atoms with Crippen LogP contribution in [0.25, 0.3) is 0 Å². The minimum atomic E-state index is -0.937. The number of esters is 1. The lowest BCUT2D eigenvalue weighted by atomic mass is 9.79. The molecule has 0 spiro atoms. The molecule has 2 aliphatic heterocycles. The standard InChI is InChI=1S/C20H34O5/c1-2-3-4-5-6-7-8-9-10-11-14-24-20(23)18-16-13-12-15(25-16)17(18)19(21)22/h15-18H,2-14H2,1H3,(H,21,22). The van der Waals surface area contributed by atoms with Crippen LogP contribution in [0.3, 0.4) is 0 Å². The molecule has 0 saturated carbocycles. The molecular formula is C20H34O5. The van der Waals surface area contributed by atoms with Crippen molar-refractivity contribution in [2.45, 2.75) is 96.2 Å². The van der Waals surface area contributed by atoms with E-state index < -0.39 is 17.8 Å². The van der Waals surface area contributed by atoms with Gasteiger partial charge in [-0.25, -0.2) is 0 Å². The third-order valence-corrected chi connectivity index (χ3v) is 5.57. The molecule has 0 aromatic carbocycles. The van der Waals surface area contributed by atoms with Crippen LogP contribution in [0.1, 0.15) is 84.0 Å². The van der Waals surface area contributed by atoms with Crippen LogP contribution in [0, 0.1) is 11.8 Å². The average Bonchev–Trinajstić information content (AvgIpc) is 3.20. The molecule has 25 heavy (non-hydrogen) atoms. The van der Waals surface area contributed by atoms with Crippen molar-refractivity contribution < 1.29 is 24.2 Å². The molecule has 0 aliphatic carbocycles. The molecule has 4 unspecified atom stereocenters. The van der Waals surface area contributed by atoms with Gasteiger partial charge < -0.3 is 14.6 Å². The lowest BCUT2D eigenvalue weighted by Gasteiger charge is -2.23. The second-order valence-electron chi connectivity index (χ2n) is 7.53. The fourth-order valence-electron chi connectivity index (χ4n) is 4.15. The van der Waals surface area contributed by atoms with Crippen molar-refractivity contribution in [2.24, 2.45) is 11.8 Å². The van der Waals surface area contributed by atoms with Crippen molar-refractivity contribution >= 4 is 11.9 Å². The molecule has 2 saturated heterocycles. The Bertz CT molecular complexity index is 422. The van der Waals surface area contributed by atoms with E-state index in [1.54, 1.807) is 0 Å². The fraction of sp³-hybridized carbons (Fsp3) is 0.900. The van der Waals surface area contributed by atoms with Crippen LogP contribution in [0.15, 0.2) is 0 Å². The van der Waals surface area contributed by atoms with Gasteiger partial charge >= 0.3 is 11.9 Å². The van der Waals surface area contributed by atoms with E-state index in [0.717, 1.165) is 25.7 Å². The molecule has 5 heteroatoms. The SMILES string of the molecule is CCCCCCCCCCCCOC(=O)C1C2CCC(O2)C1C(=O)O. The first-order valence-corrected chi connectivity index (χ1v) is 10.2. The van der Waals surface area contributed by atoms with E-state index in [1.165, 1.54) is 51.4 Å². The Balaban J connectivity index is 1.51. The van der Waals surface area contributed by atoms with Crippen molar-refractivity contribution in [3.8, 4) is 0 Å². The Hall–Kier alpha value is -1.10. The number of carboxylic acids is 1. The number of unbranched alkanes of at least 4 members (excludes halogenated alkanes) is 9. The Morgan fingerprint density at radius 3 is 1.96 bits per heavy atom. The molecule has 0 radical (unpaired) electrons. The van der Waals surface area contributed by atoms with Crippen LogP contribution in [-0.4, -0.2) is 35.9 Å². The fourth-order valence-corrected chi connectivity index (χ4v) is 4.15. The first-order chi connectivity index (χ1) is 12.1. The van der Waals surface area contributed by atoms with Gasteiger partial charge in [0.2, 0.25) is 0 Å². The van der Waals surface area contributed by atoms with E-state index >= 15 is 0 Å². The second-order valence-corrected chi connectivity index (χ2v) is 7.53. The van der Waals surface area contributed by atoms with Gasteiger partial charge in [-0.15, -0.1) is 0 Å². The minimum Gasteiger partial charge on any atom is -0.481 e. The van der Waals surface area contributed by atoms with Gasteiger partial charge in [0.25, 0.3) is 0 Å². The van der Waals surface area contributed by atoms with Gasteiger partial charge in [0.05, 0.1) is 30.7 Å². The summed E-state index contributed by atoms with van der Waals surface area (Å²) < 4.78 is 11.0. The zero-order valence-electron chi connectivity index (χ0n) is 15.6. The molecule has 5 nitrogen and oxygen atoms in total. The maximum atomic E-state index is 12.2. The first kappa shape index (κ1) is 20.2. The lowest BCUT2D eigenvalue weighted by molar-refractivity contribution is -0.158. The van der Waals surface area contributed by atoms with E-state index in [1.807, 2.05) is 0 Å². The number of hydrogen-bond acceptors (Lipinski definition) is 4. The summed E-state index contributed by atoms with van der Waals surface area (Å²) in [6, 6.07) is 0. The van der Waals surface area contributed by atoms with Crippen LogP contribution in [-0.2, 0) is 19.1 Å². The summed E-state index contributed by atoms with van der Waals surface area (Å²) in [6.45, 7) is 2.63. The number of ether oxygens (including phenoxy) is 2. The predicted molar refractivity (Wildman–Crippen MR) is 95.3 cm³/mol. The van der Waals surface area contributed by atoms with E-state index in [9.17, 15) is 14.7 Å². The quantitative estimate of drug-likeness (QED) is 0.394. The van der Waals surface area contributed by atoms with Crippen molar-refractivity contribution in [3.05, 3.63) is 0 Å². The number of aliphatic carboxylic acids is 1. The van der Waals surface area contributed by atoms with E-state index in [2.05, 4.69) is 6.92 Å². The predicted octanol–water partition coefficient (Wildman–Crippen LogP) is 4.33. The Labute approximate surface area is 151 Å². The van der Waals surface area contributed by atoms with Gasteiger partial charge in [-0.2, -0.15) is 0 Å². The molecule has 2 heterocycles. The number of carbonyl (C=O) groups excluding carboxylic acids is 1. The highest BCUT2D eigenvalue weighted by Crippen LogP contribution is 2.44. The third kappa shape index (κ3) is 5.98. The van der Waals surface area contributed by atoms with E-state index in [4.69, 9.17) is 9.47 Å². The molecule has 0 aromatic heterocycles. The number of hydrogen-bond donors (Lipinski definition) is 1. The van der Waals surface area contributed by atoms with Gasteiger partial charge in [0.1, 0.15) is 0 Å². The Morgan fingerprint density at radius 1 is 0.880 bits per heavy atom. The number of rotatable bonds is 13. The molecule has 144 valence electrons. The Morgan fingerprint density at radius 2 is 1.40 bits per heavy atom. The summed E-state index contributed by atoms with van der Waals surface area (Å²) in [6.07, 6.45) is 13.3. The summed E-state index contributed by atoms with van der Waals surface area (Å²) in [5.41, 5.74) is 0. The molecule has 4 atom stereocenters. The number of carboxylic acid groups (broad SMARTS) is 1. The largest absolute Gasteiger partial charge is 0.481 e.